The lowest BCUT2D eigenvalue weighted by Crippen LogP contribution is -2.55. The third-order valence-electron chi connectivity index (χ3n) is 7.86. The summed E-state index contributed by atoms with van der Waals surface area (Å²) in [5.41, 5.74) is 4.42. The molecule has 8 nitrogen and oxygen atoms in total. The number of ether oxygens (including phenoxy) is 2. The first-order valence-electron chi connectivity index (χ1n) is 16.9. The van der Waals surface area contributed by atoms with Gasteiger partial charge >= 0.3 is 5.97 Å². The summed E-state index contributed by atoms with van der Waals surface area (Å²) < 4.78 is 11.4. The van der Waals surface area contributed by atoms with Crippen molar-refractivity contribution in [3.05, 3.63) is 166 Å². The molecule has 2 atom stereocenters. The molecule has 53 heavy (non-hydrogen) atoms. The van der Waals surface area contributed by atoms with E-state index in [0.29, 0.717) is 38.2 Å². The van der Waals surface area contributed by atoms with Crippen molar-refractivity contribution in [2.45, 2.75) is 52.2 Å². The summed E-state index contributed by atoms with van der Waals surface area (Å²) in [5.74, 6) is -0.335. The minimum atomic E-state index is -1.04. The lowest BCUT2D eigenvalue weighted by atomic mass is 9.88. The van der Waals surface area contributed by atoms with Gasteiger partial charge in [-0.25, -0.2) is 5.01 Å². The number of hydrogen-bond donors (Lipinski definition) is 1. The highest BCUT2D eigenvalue weighted by molar-refractivity contribution is 6.30. The molecule has 10 heteroatoms. The summed E-state index contributed by atoms with van der Waals surface area (Å²) in [6.45, 7) is 9.45. The average Bonchev–Trinajstić information content (AvgIpc) is 3.14. The molecule has 0 spiro atoms. The topological polar surface area (TPSA) is 109 Å². The van der Waals surface area contributed by atoms with Crippen molar-refractivity contribution in [3.8, 4) is 17.6 Å². The maximum absolute atomic E-state index is 13.0. The predicted octanol–water partition coefficient (Wildman–Crippen LogP) is 10.6. The Hall–Kier alpha value is -5.62. The van der Waals surface area contributed by atoms with Crippen molar-refractivity contribution in [2.75, 3.05) is 0 Å². The first kappa shape index (κ1) is 40.2. The molecule has 0 aromatic heterocycles. The first-order chi connectivity index (χ1) is 25.3. The monoisotopic (exact) mass is 749 g/mol. The number of halogens is 2. The molecular weight excluding hydrogens is 709 g/mol. The highest BCUT2D eigenvalue weighted by Crippen LogP contribution is 2.31. The third kappa shape index (κ3) is 11.7. The van der Waals surface area contributed by atoms with E-state index < -0.39 is 23.5 Å². The molecule has 0 fully saturated rings. The maximum atomic E-state index is 13.0. The number of carbonyl (C=O) groups excluding carboxylic acids is 3. The summed E-state index contributed by atoms with van der Waals surface area (Å²) in [7, 11) is 0. The molecule has 0 saturated carbocycles. The minimum Gasteiger partial charge on any atom is -0.457 e. The van der Waals surface area contributed by atoms with Gasteiger partial charge in [-0.2, -0.15) is 5.26 Å². The van der Waals surface area contributed by atoms with Gasteiger partial charge < -0.3 is 9.47 Å². The van der Waals surface area contributed by atoms with Gasteiger partial charge in [0.1, 0.15) is 17.6 Å². The molecule has 1 N–H and O–H groups in total. The fourth-order valence-corrected chi connectivity index (χ4v) is 5.44. The van der Waals surface area contributed by atoms with Crippen molar-refractivity contribution in [3.63, 3.8) is 0 Å². The summed E-state index contributed by atoms with van der Waals surface area (Å²) in [5, 5.41) is 12.1. The van der Waals surface area contributed by atoms with E-state index in [1.165, 1.54) is 5.01 Å². The standard InChI is InChI=1S/C25H22ClNO3.C18H19ClN2O2/c1-17(2)24(18-11-13-20(26)14-12-18)25(28)30-23(16-27)19-7-6-10-22(15-19)29-21-8-4-3-5-9-21;1-18(2,3)21(17(23)14-7-5-4-6-8-14)20-16(22)13-9-11-15(19)12-10-13/h3-15,17,23-24H,1-2H3;4-12H,1-3H3,(H,20,22)/t23-,24+;/m1./s1. The Morgan fingerprint density at radius 3 is 1.79 bits per heavy atom. The van der Waals surface area contributed by atoms with Gasteiger partial charge in [0.15, 0.2) is 0 Å². The number of rotatable bonds is 9. The summed E-state index contributed by atoms with van der Waals surface area (Å²) in [6.07, 6.45) is -1.04. The summed E-state index contributed by atoms with van der Waals surface area (Å²) in [4.78, 5) is 38.1. The number of para-hydroxylation sites is 1. The third-order valence-corrected chi connectivity index (χ3v) is 8.36. The van der Waals surface area contributed by atoms with Gasteiger partial charge in [0.05, 0.1) is 11.5 Å². The molecule has 0 bridgehead atoms. The normalized spacial score (nSPS) is 11.9. The largest absolute Gasteiger partial charge is 0.457 e. The van der Waals surface area contributed by atoms with Crippen LogP contribution in [0, 0.1) is 17.2 Å². The zero-order valence-corrected chi connectivity index (χ0v) is 31.6. The molecule has 5 aromatic carbocycles. The van der Waals surface area contributed by atoms with Gasteiger partial charge in [-0.05, 0) is 105 Å². The van der Waals surface area contributed by atoms with Crippen LogP contribution in [0.15, 0.2) is 133 Å². The molecule has 5 rings (SSSR count). The van der Waals surface area contributed by atoms with Crippen molar-refractivity contribution in [1.29, 1.82) is 5.26 Å². The quantitative estimate of drug-likeness (QED) is 0.119. The Kier molecular flexibility index (Phi) is 14.2. The van der Waals surface area contributed by atoms with Crippen LogP contribution in [0.25, 0.3) is 0 Å². The van der Waals surface area contributed by atoms with Crippen molar-refractivity contribution >= 4 is 41.0 Å². The van der Waals surface area contributed by atoms with Gasteiger partial charge in [-0.1, -0.05) is 97.7 Å². The molecule has 0 aliphatic rings. The molecule has 0 aliphatic heterocycles. The molecule has 0 saturated heterocycles. The van der Waals surface area contributed by atoms with Crippen LogP contribution < -0.4 is 10.2 Å². The van der Waals surface area contributed by atoms with Gasteiger partial charge in [0.25, 0.3) is 11.8 Å². The zero-order valence-electron chi connectivity index (χ0n) is 30.1. The lowest BCUT2D eigenvalue weighted by molar-refractivity contribution is -0.150. The highest BCUT2D eigenvalue weighted by Gasteiger charge is 2.30. The van der Waals surface area contributed by atoms with Gasteiger partial charge in [0, 0.05) is 26.7 Å². The maximum Gasteiger partial charge on any atom is 0.315 e. The number of nitrogens with zero attached hydrogens (tertiary/aromatic N) is 2. The molecule has 0 unspecified atom stereocenters. The summed E-state index contributed by atoms with van der Waals surface area (Å²) in [6, 6.07) is 40.9. The SMILES string of the molecule is CC(C)(C)N(NC(=O)c1ccc(Cl)cc1)C(=O)c1ccccc1.CC(C)[C@H](C(=O)O[C@H](C#N)c1cccc(Oc2ccccc2)c1)c1ccc(Cl)cc1. The van der Waals surface area contributed by atoms with Crippen molar-refractivity contribution < 1.29 is 23.9 Å². The fourth-order valence-electron chi connectivity index (χ4n) is 5.19. The predicted molar refractivity (Wildman–Crippen MR) is 208 cm³/mol. The van der Waals surface area contributed by atoms with E-state index >= 15 is 0 Å². The van der Waals surface area contributed by atoms with Crippen molar-refractivity contribution in [1.82, 2.24) is 10.4 Å². The molecule has 0 aliphatic carbocycles. The number of nitriles is 1. The molecule has 2 amide bonds. The van der Waals surface area contributed by atoms with E-state index in [1.54, 1.807) is 84.9 Å². The van der Waals surface area contributed by atoms with E-state index in [4.69, 9.17) is 32.7 Å². The zero-order chi connectivity index (χ0) is 38.5. The molecule has 0 heterocycles. The molecular formula is C43H41Cl2N3O5. The Labute approximate surface area is 320 Å². The van der Waals surface area contributed by atoms with Crippen LogP contribution in [0.5, 0.6) is 11.5 Å². The minimum absolute atomic E-state index is 0.00855. The number of hydrazine groups is 1. The molecule has 272 valence electrons. The van der Waals surface area contributed by atoms with Crippen LogP contribution in [0.1, 0.15) is 78.5 Å². The number of hydrogen-bond acceptors (Lipinski definition) is 6. The summed E-state index contributed by atoms with van der Waals surface area (Å²) >= 11 is 11.8. The van der Waals surface area contributed by atoms with Crippen LogP contribution in [0.3, 0.4) is 0 Å². The number of esters is 1. The second-order valence-electron chi connectivity index (χ2n) is 13.3. The Morgan fingerprint density at radius 2 is 1.25 bits per heavy atom. The van der Waals surface area contributed by atoms with Crippen LogP contribution >= 0.6 is 23.2 Å². The number of nitrogens with one attached hydrogen (secondary N) is 1. The molecule has 5 aromatic rings. The Morgan fingerprint density at radius 1 is 0.698 bits per heavy atom. The number of carbonyl (C=O) groups is 3. The lowest BCUT2D eigenvalue weighted by Gasteiger charge is -2.35. The van der Waals surface area contributed by atoms with Crippen LogP contribution in [0.4, 0.5) is 0 Å². The van der Waals surface area contributed by atoms with E-state index in [9.17, 15) is 19.6 Å². The van der Waals surface area contributed by atoms with Crippen molar-refractivity contribution in [2.24, 2.45) is 5.92 Å². The smallest absolute Gasteiger partial charge is 0.315 e. The van der Waals surface area contributed by atoms with E-state index in [2.05, 4.69) is 11.5 Å². The number of amides is 2. The van der Waals surface area contributed by atoms with Gasteiger partial charge in [0.2, 0.25) is 6.10 Å². The van der Waals surface area contributed by atoms with E-state index in [0.717, 1.165) is 5.56 Å². The average molecular weight is 751 g/mol. The van der Waals surface area contributed by atoms with Crippen LogP contribution in [-0.2, 0) is 9.53 Å². The van der Waals surface area contributed by atoms with E-state index in [-0.39, 0.29) is 17.7 Å². The Bertz CT molecular complexity index is 2010. The first-order valence-corrected chi connectivity index (χ1v) is 17.7. The van der Waals surface area contributed by atoms with Gasteiger partial charge in [-0.15, -0.1) is 0 Å². The van der Waals surface area contributed by atoms with E-state index in [1.807, 2.05) is 83.1 Å². The fraction of sp³-hybridized carbons (Fsp3) is 0.209. The van der Waals surface area contributed by atoms with Gasteiger partial charge in [-0.3, -0.25) is 19.8 Å². The second kappa shape index (κ2) is 18.7. The van der Waals surface area contributed by atoms with Crippen LogP contribution in [0.2, 0.25) is 10.0 Å². The highest BCUT2D eigenvalue weighted by atomic mass is 35.5. The second-order valence-corrected chi connectivity index (χ2v) is 14.2. The number of benzene rings is 5. The Balaban J connectivity index is 0.000000245. The molecule has 0 radical (unpaired) electrons. The van der Waals surface area contributed by atoms with Crippen LogP contribution in [-0.4, -0.2) is 28.3 Å².